The minimum Gasteiger partial charge on any atom is -0.337 e. The second kappa shape index (κ2) is 6.58. The van der Waals surface area contributed by atoms with E-state index in [1.54, 1.807) is 4.90 Å². The Hall–Kier alpha value is -1.79. The van der Waals surface area contributed by atoms with E-state index in [1.807, 2.05) is 32.2 Å². The molecule has 0 fully saturated rings. The van der Waals surface area contributed by atoms with E-state index < -0.39 is 0 Å². The van der Waals surface area contributed by atoms with Gasteiger partial charge in [0.05, 0.1) is 6.54 Å². The van der Waals surface area contributed by atoms with Crippen LogP contribution in [0.3, 0.4) is 0 Å². The molecular weight excluding hydrogens is 248 g/mol. The standard InChI is InChI=1S/C17H24N2O/c1-6-17(3,4)19(5)16(20)15-10-9-13(2)14(12-15)8-7-11-18/h9-10,12H,6,11,18H2,1-5H3. The lowest BCUT2D eigenvalue weighted by atomic mass is 9.98. The summed E-state index contributed by atoms with van der Waals surface area (Å²) in [4.78, 5) is 14.3. The van der Waals surface area contributed by atoms with Crippen molar-refractivity contribution in [3.05, 3.63) is 34.9 Å². The van der Waals surface area contributed by atoms with Gasteiger partial charge in [-0.05, 0) is 44.9 Å². The summed E-state index contributed by atoms with van der Waals surface area (Å²) in [6.45, 7) is 8.51. The van der Waals surface area contributed by atoms with E-state index in [-0.39, 0.29) is 11.4 Å². The SMILES string of the molecule is CCC(C)(C)N(C)C(=O)c1ccc(C)c(C#CCN)c1. The summed E-state index contributed by atoms with van der Waals surface area (Å²) in [6.07, 6.45) is 0.904. The molecule has 0 aromatic heterocycles. The number of hydrogen-bond acceptors (Lipinski definition) is 2. The lowest BCUT2D eigenvalue weighted by Gasteiger charge is -2.35. The molecule has 1 amide bonds. The molecule has 1 rings (SSSR count). The molecule has 3 nitrogen and oxygen atoms in total. The summed E-state index contributed by atoms with van der Waals surface area (Å²) >= 11 is 0. The Morgan fingerprint density at radius 3 is 2.60 bits per heavy atom. The average Bonchev–Trinajstić information content (AvgIpc) is 2.44. The fraction of sp³-hybridized carbons (Fsp3) is 0.471. The van der Waals surface area contributed by atoms with E-state index in [0.717, 1.165) is 17.5 Å². The fourth-order valence-electron chi connectivity index (χ4n) is 1.74. The zero-order valence-corrected chi connectivity index (χ0v) is 13.1. The molecule has 0 saturated carbocycles. The molecule has 0 saturated heterocycles. The van der Waals surface area contributed by atoms with Crippen molar-refractivity contribution < 1.29 is 4.79 Å². The van der Waals surface area contributed by atoms with E-state index in [1.165, 1.54) is 0 Å². The van der Waals surface area contributed by atoms with Crippen molar-refractivity contribution in [1.82, 2.24) is 4.90 Å². The van der Waals surface area contributed by atoms with Crippen LogP contribution in [0.25, 0.3) is 0 Å². The molecule has 0 aliphatic rings. The van der Waals surface area contributed by atoms with Crippen molar-refractivity contribution in [2.45, 2.75) is 39.7 Å². The molecule has 0 aliphatic heterocycles. The molecule has 0 unspecified atom stereocenters. The third-order valence-corrected chi connectivity index (χ3v) is 3.89. The van der Waals surface area contributed by atoms with Gasteiger partial charge < -0.3 is 10.6 Å². The van der Waals surface area contributed by atoms with Crippen molar-refractivity contribution in [3.63, 3.8) is 0 Å². The minimum absolute atomic E-state index is 0.0210. The Morgan fingerprint density at radius 2 is 2.05 bits per heavy atom. The molecule has 108 valence electrons. The van der Waals surface area contributed by atoms with E-state index in [2.05, 4.69) is 32.6 Å². The zero-order chi connectivity index (χ0) is 15.3. The summed E-state index contributed by atoms with van der Waals surface area (Å²) in [6, 6.07) is 5.64. The van der Waals surface area contributed by atoms with Gasteiger partial charge in [-0.1, -0.05) is 24.8 Å². The van der Waals surface area contributed by atoms with Gasteiger partial charge in [0.1, 0.15) is 0 Å². The van der Waals surface area contributed by atoms with Gasteiger partial charge in [0.15, 0.2) is 0 Å². The Labute approximate surface area is 122 Å². The molecule has 0 aliphatic carbocycles. The van der Waals surface area contributed by atoms with Gasteiger partial charge in [0.2, 0.25) is 0 Å². The fourth-order valence-corrected chi connectivity index (χ4v) is 1.74. The van der Waals surface area contributed by atoms with Crippen LogP contribution in [0.15, 0.2) is 18.2 Å². The van der Waals surface area contributed by atoms with Crippen LogP contribution in [0, 0.1) is 18.8 Å². The van der Waals surface area contributed by atoms with Crippen molar-refractivity contribution in [2.75, 3.05) is 13.6 Å². The number of amides is 1. The zero-order valence-electron chi connectivity index (χ0n) is 13.1. The average molecular weight is 272 g/mol. The number of carbonyl (C=O) groups excluding carboxylic acids is 1. The first kappa shape index (κ1) is 16.3. The molecule has 0 spiro atoms. The van der Waals surface area contributed by atoms with Gasteiger partial charge in [-0.15, -0.1) is 0 Å². The second-order valence-electron chi connectivity index (χ2n) is 5.57. The van der Waals surface area contributed by atoms with Crippen LogP contribution in [0.5, 0.6) is 0 Å². The third-order valence-electron chi connectivity index (χ3n) is 3.89. The highest BCUT2D eigenvalue weighted by atomic mass is 16.2. The number of rotatable bonds is 3. The summed E-state index contributed by atoms with van der Waals surface area (Å²) < 4.78 is 0. The minimum atomic E-state index is -0.162. The van der Waals surface area contributed by atoms with Gasteiger partial charge >= 0.3 is 0 Å². The topological polar surface area (TPSA) is 46.3 Å². The quantitative estimate of drug-likeness (QED) is 0.860. The normalized spacial score (nSPS) is 10.7. The number of carbonyl (C=O) groups is 1. The molecule has 0 bridgehead atoms. The Kier molecular flexibility index (Phi) is 5.35. The first-order valence-corrected chi connectivity index (χ1v) is 6.91. The van der Waals surface area contributed by atoms with Crippen LogP contribution in [0.1, 0.15) is 48.7 Å². The molecule has 0 radical (unpaired) electrons. The van der Waals surface area contributed by atoms with Crippen LogP contribution in [-0.4, -0.2) is 29.9 Å². The smallest absolute Gasteiger partial charge is 0.254 e. The van der Waals surface area contributed by atoms with Crippen molar-refractivity contribution >= 4 is 5.91 Å². The van der Waals surface area contributed by atoms with Gasteiger partial charge in [0, 0.05) is 23.7 Å². The van der Waals surface area contributed by atoms with Crippen LogP contribution in [-0.2, 0) is 0 Å². The predicted octanol–water partition coefficient (Wildman–Crippen LogP) is 2.57. The molecule has 0 heterocycles. The maximum absolute atomic E-state index is 12.5. The van der Waals surface area contributed by atoms with Gasteiger partial charge in [-0.3, -0.25) is 4.79 Å². The maximum atomic E-state index is 12.5. The summed E-state index contributed by atoms with van der Waals surface area (Å²) in [7, 11) is 1.84. The second-order valence-corrected chi connectivity index (χ2v) is 5.57. The number of nitrogens with zero attached hydrogens (tertiary/aromatic N) is 1. The van der Waals surface area contributed by atoms with E-state index in [9.17, 15) is 4.79 Å². The van der Waals surface area contributed by atoms with E-state index >= 15 is 0 Å². The van der Waals surface area contributed by atoms with Crippen LogP contribution in [0.2, 0.25) is 0 Å². The first-order chi connectivity index (χ1) is 9.33. The Bertz CT molecular complexity index is 550. The van der Waals surface area contributed by atoms with Crippen LogP contribution < -0.4 is 5.73 Å². The molecule has 0 atom stereocenters. The lowest BCUT2D eigenvalue weighted by Crippen LogP contribution is -2.44. The molecule has 2 N–H and O–H groups in total. The Balaban J connectivity index is 3.12. The molecule has 20 heavy (non-hydrogen) atoms. The van der Waals surface area contributed by atoms with Gasteiger partial charge in [-0.25, -0.2) is 0 Å². The van der Waals surface area contributed by atoms with Gasteiger partial charge in [0.25, 0.3) is 5.91 Å². The highest BCUT2D eigenvalue weighted by Crippen LogP contribution is 2.20. The molecule has 1 aromatic rings. The summed E-state index contributed by atoms with van der Waals surface area (Å²) in [5.41, 5.74) is 7.83. The predicted molar refractivity (Wildman–Crippen MR) is 83.6 cm³/mol. The highest BCUT2D eigenvalue weighted by Gasteiger charge is 2.26. The maximum Gasteiger partial charge on any atom is 0.254 e. The summed E-state index contributed by atoms with van der Waals surface area (Å²) in [5.74, 6) is 5.87. The molecule has 3 heteroatoms. The Morgan fingerprint density at radius 1 is 1.40 bits per heavy atom. The van der Waals surface area contributed by atoms with Crippen LogP contribution >= 0.6 is 0 Å². The molecular formula is C17H24N2O. The first-order valence-electron chi connectivity index (χ1n) is 6.91. The monoisotopic (exact) mass is 272 g/mol. The largest absolute Gasteiger partial charge is 0.337 e. The lowest BCUT2D eigenvalue weighted by molar-refractivity contribution is 0.0620. The van der Waals surface area contributed by atoms with Gasteiger partial charge in [-0.2, -0.15) is 0 Å². The van der Waals surface area contributed by atoms with Crippen LogP contribution in [0.4, 0.5) is 0 Å². The number of hydrogen-bond donors (Lipinski definition) is 1. The van der Waals surface area contributed by atoms with Crippen molar-refractivity contribution in [1.29, 1.82) is 0 Å². The third kappa shape index (κ3) is 3.61. The number of nitrogens with two attached hydrogens (primary N) is 1. The number of aryl methyl sites for hydroxylation is 1. The summed E-state index contributed by atoms with van der Waals surface area (Å²) in [5, 5.41) is 0. The van der Waals surface area contributed by atoms with E-state index in [4.69, 9.17) is 5.73 Å². The molecule has 1 aromatic carbocycles. The number of benzene rings is 1. The highest BCUT2D eigenvalue weighted by molar-refractivity contribution is 5.95. The van der Waals surface area contributed by atoms with Crippen molar-refractivity contribution in [3.8, 4) is 11.8 Å². The van der Waals surface area contributed by atoms with E-state index in [0.29, 0.717) is 12.1 Å². The van der Waals surface area contributed by atoms with Crippen molar-refractivity contribution in [2.24, 2.45) is 5.73 Å².